The fraction of sp³-hybridized carbons (Fsp3) is 0.533. The Bertz CT molecular complexity index is 461. The molecule has 1 aromatic rings. The summed E-state index contributed by atoms with van der Waals surface area (Å²) >= 11 is 3.43. The molecular weight excluding hydrogens is 306 g/mol. The van der Waals surface area contributed by atoms with E-state index in [0.717, 1.165) is 35.0 Å². The first-order valence-electron chi connectivity index (χ1n) is 6.74. The largest absolute Gasteiger partial charge is 0.396 e. The summed E-state index contributed by atoms with van der Waals surface area (Å²) in [4.78, 5) is 14.2. The highest BCUT2D eigenvalue weighted by Gasteiger charge is 2.23. The highest BCUT2D eigenvalue weighted by molar-refractivity contribution is 9.10. The number of hydrogen-bond acceptors (Lipinski definition) is 2. The summed E-state index contributed by atoms with van der Waals surface area (Å²) in [6.45, 7) is 3.73. The third kappa shape index (κ3) is 3.80. The molecule has 4 heteroatoms. The number of carbonyl (C=O) groups excluding carboxylic acids is 1. The maximum atomic E-state index is 12.3. The first-order valence-corrected chi connectivity index (χ1v) is 7.53. The van der Waals surface area contributed by atoms with E-state index in [1.165, 1.54) is 0 Å². The Morgan fingerprint density at radius 3 is 3.00 bits per heavy atom. The number of nitrogens with zero attached hydrogens (tertiary/aromatic N) is 1. The van der Waals surface area contributed by atoms with Crippen molar-refractivity contribution in [1.82, 2.24) is 4.90 Å². The number of aryl methyl sites for hydroxylation is 1. The van der Waals surface area contributed by atoms with Gasteiger partial charge in [-0.15, -0.1) is 0 Å². The number of likely N-dealkylation sites (tertiary alicyclic amines) is 1. The molecule has 0 bridgehead atoms. The highest BCUT2D eigenvalue weighted by atomic mass is 79.9. The highest BCUT2D eigenvalue weighted by Crippen LogP contribution is 2.19. The zero-order valence-corrected chi connectivity index (χ0v) is 12.8. The zero-order valence-electron chi connectivity index (χ0n) is 11.2. The van der Waals surface area contributed by atoms with Crippen LogP contribution in [0, 0.1) is 12.8 Å². The van der Waals surface area contributed by atoms with Gasteiger partial charge in [-0.25, -0.2) is 0 Å². The summed E-state index contributed by atoms with van der Waals surface area (Å²) in [5.41, 5.74) is 2.22. The summed E-state index contributed by atoms with van der Waals surface area (Å²) in [6.07, 6.45) is 2.48. The Labute approximate surface area is 122 Å². The lowest BCUT2D eigenvalue weighted by atomic mass is 9.98. The van der Waals surface area contributed by atoms with Gasteiger partial charge in [0.15, 0.2) is 0 Å². The summed E-state index contributed by atoms with van der Waals surface area (Å²) in [6, 6.07) is 6.02. The predicted octanol–water partition coefficient (Wildman–Crippen LogP) is 2.53. The normalized spacial score (nSPS) is 19.5. The molecule has 1 aliphatic heterocycles. The van der Waals surface area contributed by atoms with Crippen LogP contribution in [0.25, 0.3) is 0 Å². The van der Waals surface area contributed by atoms with Crippen molar-refractivity contribution < 1.29 is 9.90 Å². The van der Waals surface area contributed by atoms with Crippen molar-refractivity contribution in [2.45, 2.75) is 26.2 Å². The second-order valence-corrected chi connectivity index (χ2v) is 6.19. The zero-order chi connectivity index (χ0) is 13.8. The molecule has 3 nitrogen and oxygen atoms in total. The number of amides is 1. The molecule has 19 heavy (non-hydrogen) atoms. The van der Waals surface area contributed by atoms with Crippen LogP contribution in [0.2, 0.25) is 0 Å². The lowest BCUT2D eigenvalue weighted by Crippen LogP contribution is -2.41. The monoisotopic (exact) mass is 325 g/mol. The molecule has 0 saturated carbocycles. The minimum absolute atomic E-state index is 0.170. The van der Waals surface area contributed by atoms with E-state index in [-0.39, 0.29) is 18.4 Å². The average molecular weight is 326 g/mol. The standard InChI is InChI=1S/C15H20BrNO2/c1-11-7-14(16)5-4-13(11)8-15(19)17-6-2-3-12(9-17)10-18/h4-5,7,12,18H,2-3,6,8-10H2,1H3. The number of benzene rings is 1. The van der Waals surface area contributed by atoms with Gasteiger partial charge >= 0.3 is 0 Å². The molecule has 1 N–H and O–H groups in total. The van der Waals surface area contributed by atoms with Crippen LogP contribution in [0.3, 0.4) is 0 Å². The van der Waals surface area contributed by atoms with Crippen LogP contribution in [-0.2, 0) is 11.2 Å². The Hall–Kier alpha value is -0.870. The number of halogens is 1. The summed E-state index contributed by atoms with van der Waals surface area (Å²) in [5, 5.41) is 9.21. The molecule has 0 radical (unpaired) electrons. The molecule has 1 unspecified atom stereocenters. The van der Waals surface area contributed by atoms with Gasteiger partial charge in [-0.1, -0.05) is 22.0 Å². The molecule has 1 aromatic carbocycles. The van der Waals surface area contributed by atoms with Gasteiger partial charge < -0.3 is 10.0 Å². The van der Waals surface area contributed by atoms with E-state index in [0.29, 0.717) is 13.0 Å². The minimum Gasteiger partial charge on any atom is -0.396 e. The van der Waals surface area contributed by atoms with Crippen LogP contribution < -0.4 is 0 Å². The molecule has 1 amide bonds. The third-order valence-electron chi connectivity index (χ3n) is 3.78. The van der Waals surface area contributed by atoms with Crippen LogP contribution in [0.1, 0.15) is 24.0 Å². The lowest BCUT2D eigenvalue weighted by molar-refractivity contribution is -0.132. The van der Waals surface area contributed by atoms with Crippen LogP contribution in [0.15, 0.2) is 22.7 Å². The summed E-state index contributed by atoms with van der Waals surface area (Å²) in [5.74, 6) is 0.423. The third-order valence-corrected chi connectivity index (χ3v) is 4.27. The van der Waals surface area contributed by atoms with Crippen molar-refractivity contribution in [2.24, 2.45) is 5.92 Å². The second kappa shape index (κ2) is 6.53. The SMILES string of the molecule is Cc1cc(Br)ccc1CC(=O)N1CCCC(CO)C1. The van der Waals surface area contributed by atoms with Crippen molar-refractivity contribution in [3.05, 3.63) is 33.8 Å². The number of carbonyl (C=O) groups is 1. The quantitative estimate of drug-likeness (QED) is 0.927. The van der Waals surface area contributed by atoms with Gasteiger partial charge in [-0.05, 0) is 48.9 Å². The molecule has 2 rings (SSSR count). The van der Waals surface area contributed by atoms with Crippen molar-refractivity contribution in [1.29, 1.82) is 0 Å². The first kappa shape index (κ1) is 14.5. The fourth-order valence-electron chi connectivity index (χ4n) is 2.57. The van der Waals surface area contributed by atoms with Gasteiger partial charge in [-0.2, -0.15) is 0 Å². The van der Waals surface area contributed by atoms with Crippen LogP contribution in [0.4, 0.5) is 0 Å². The van der Waals surface area contributed by atoms with E-state index in [2.05, 4.69) is 15.9 Å². The van der Waals surface area contributed by atoms with Gasteiger partial charge in [0.05, 0.1) is 6.42 Å². The molecule has 1 heterocycles. The number of hydrogen-bond donors (Lipinski definition) is 1. The molecular formula is C15H20BrNO2. The molecule has 0 aliphatic carbocycles. The fourth-order valence-corrected chi connectivity index (χ4v) is 3.05. The van der Waals surface area contributed by atoms with E-state index in [4.69, 9.17) is 0 Å². The molecule has 0 aromatic heterocycles. The average Bonchev–Trinajstić information content (AvgIpc) is 2.42. The number of aliphatic hydroxyl groups excluding tert-OH is 1. The topological polar surface area (TPSA) is 40.5 Å². The lowest BCUT2D eigenvalue weighted by Gasteiger charge is -2.32. The smallest absolute Gasteiger partial charge is 0.227 e. The van der Waals surface area contributed by atoms with Crippen molar-refractivity contribution in [3.8, 4) is 0 Å². The maximum Gasteiger partial charge on any atom is 0.227 e. The Balaban J connectivity index is 2.00. The second-order valence-electron chi connectivity index (χ2n) is 5.28. The Morgan fingerprint density at radius 1 is 1.53 bits per heavy atom. The summed E-state index contributed by atoms with van der Waals surface area (Å²) in [7, 11) is 0. The summed E-state index contributed by atoms with van der Waals surface area (Å²) < 4.78 is 1.04. The Morgan fingerprint density at radius 2 is 2.32 bits per heavy atom. The molecule has 1 fully saturated rings. The molecule has 104 valence electrons. The van der Waals surface area contributed by atoms with E-state index < -0.39 is 0 Å². The number of aliphatic hydroxyl groups is 1. The van der Waals surface area contributed by atoms with Crippen molar-refractivity contribution >= 4 is 21.8 Å². The van der Waals surface area contributed by atoms with Gasteiger partial charge in [0, 0.05) is 24.2 Å². The number of piperidine rings is 1. The first-order chi connectivity index (χ1) is 9.10. The van der Waals surface area contributed by atoms with Gasteiger partial charge in [0.1, 0.15) is 0 Å². The van der Waals surface area contributed by atoms with Gasteiger partial charge in [0.2, 0.25) is 5.91 Å². The Kier molecular flexibility index (Phi) is 4.99. The van der Waals surface area contributed by atoms with Crippen LogP contribution in [-0.4, -0.2) is 35.6 Å². The molecule has 1 saturated heterocycles. The van der Waals surface area contributed by atoms with Crippen LogP contribution >= 0.6 is 15.9 Å². The maximum absolute atomic E-state index is 12.3. The predicted molar refractivity (Wildman–Crippen MR) is 79.0 cm³/mol. The van der Waals surface area contributed by atoms with Crippen molar-refractivity contribution in [2.75, 3.05) is 19.7 Å². The molecule has 0 spiro atoms. The van der Waals surface area contributed by atoms with Crippen LogP contribution in [0.5, 0.6) is 0 Å². The van der Waals surface area contributed by atoms with E-state index in [1.54, 1.807) is 0 Å². The minimum atomic E-state index is 0.170. The van der Waals surface area contributed by atoms with Gasteiger partial charge in [0.25, 0.3) is 0 Å². The molecule has 1 atom stereocenters. The van der Waals surface area contributed by atoms with E-state index >= 15 is 0 Å². The molecule has 1 aliphatic rings. The van der Waals surface area contributed by atoms with Crippen molar-refractivity contribution in [3.63, 3.8) is 0 Å². The number of rotatable bonds is 3. The van der Waals surface area contributed by atoms with E-state index in [1.807, 2.05) is 30.0 Å². The van der Waals surface area contributed by atoms with E-state index in [9.17, 15) is 9.90 Å². The van der Waals surface area contributed by atoms with Gasteiger partial charge in [-0.3, -0.25) is 4.79 Å².